The first-order valence-electron chi connectivity index (χ1n) is 6.12. The molecule has 2 aromatic carbocycles. The maximum Gasteiger partial charge on any atom is 0.122 e. The van der Waals surface area contributed by atoms with E-state index in [9.17, 15) is 0 Å². The molecule has 2 rings (SSSR count). The second-order valence-corrected chi connectivity index (χ2v) is 5.33. The van der Waals surface area contributed by atoms with E-state index in [1.54, 1.807) is 7.11 Å². The lowest BCUT2D eigenvalue weighted by atomic mass is 10.0. The van der Waals surface area contributed by atoms with Crippen molar-refractivity contribution < 1.29 is 4.74 Å². The molecule has 1 nitrogen and oxygen atoms in total. The van der Waals surface area contributed by atoms with Crippen LogP contribution in [0.4, 0.5) is 0 Å². The van der Waals surface area contributed by atoms with Gasteiger partial charge in [0.25, 0.3) is 0 Å². The Balaban J connectivity index is 1.99. The van der Waals surface area contributed by atoms with Crippen molar-refractivity contribution >= 4 is 15.9 Å². The fraction of sp³-hybridized carbons (Fsp3) is 0.250. The van der Waals surface area contributed by atoms with Crippen LogP contribution in [0.5, 0.6) is 5.75 Å². The number of para-hydroxylation sites is 1. The Kier molecular flexibility index (Phi) is 4.82. The van der Waals surface area contributed by atoms with Crippen LogP contribution in [0.15, 0.2) is 54.6 Å². The lowest BCUT2D eigenvalue weighted by molar-refractivity contribution is 0.409. The molecule has 0 aliphatic carbocycles. The molecule has 0 aliphatic rings. The van der Waals surface area contributed by atoms with Crippen LogP contribution in [0, 0.1) is 0 Å². The molecule has 2 heteroatoms. The second-order valence-electron chi connectivity index (χ2n) is 4.23. The maximum atomic E-state index is 5.37. The first kappa shape index (κ1) is 13.2. The Morgan fingerprint density at radius 2 is 1.67 bits per heavy atom. The fourth-order valence-electron chi connectivity index (χ4n) is 2.02. The molecule has 1 atom stereocenters. The first-order valence-corrected chi connectivity index (χ1v) is 7.03. The molecule has 1 unspecified atom stereocenters. The predicted molar refractivity (Wildman–Crippen MR) is 79.4 cm³/mol. The normalized spacial score (nSPS) is 12.1. The van der Waals surface area contributed by atoms with Gasteiger partial charge in [0.05, 0.1) is 7.11 Å². The largest absolute Gasteiger partial charge is 0.496 e. The van der Waals surface area contributed by atoms with E-state index in [0.29, 0.717) is 4.83 Å². The van der Waals surface area contributed by atoms with E-state index in [4.69, 9.17) is 4.74 Å². The van der Waals surface area contributed by atoms with E-state index < -0.39 is 0 Å². The average molecular weight is 305 g/mol. The monoisotopic (exact) mass is 304 g/mol. The van der Waals surface area contributed by atoms with Gasteiger partial charge in [-0.25, -0.2) is 0 Å². The molecule has 2 aromatic rings. The Hall–Kier alpha value is -1.28. The maximum absolute atomic E-state index is 5.37. The summed E-state index contributed by atoms with van der Waals surface area (Å²) >= 11 is 3.75. The highest BCUT2D eigenvalue weighted by Crippen LogP contribution is 2.29. The van der Waals surface area contributed by atoms with Crippen LogP contribution in [0.2, 0.25) is 0 Å². The van der Waals surface area contributed by atoms with E-state index in [0.717, 1.165) is 18.6 Å². The van der Waals surface area contributed by atoms with Gasteiger partial charge in [-0.3, -0.25) is 0 Å². The van der Waals surface area contributed by atoms with Crippen LogP contribution in [-0.2, 0) is 6.42 Å². The number of methoxy groups -OCH3 is 1. The number of ether oxygens (including phenoxy) is 1. The van der Waals surface area contributed by atoms with Gasteiger partial charge in [-0.15, -0.1) is 0 Å². The summed E-state index contributed by atoms with van der Waals surface area (Å²) < 4.78 is 5.37. The van der Waals surface area contributed by atoms with Gasteiger partial charge >= 0.3 is 0 Å². The van der Waals surface area contributed by atoms with Crippen LogP contribution in [0.25, 0.3) is 0 Å². The van der Waals surface area contributed by atoms with Crippen molar-refractivity contribution in [1.82, 2.24) is 0 Å². The van der Waals surface area contributed by atoms with Crippen molar-refractivity contribution in [3.63, 3.8) is 0 Å². The third-order valence-corrected chi connectivity index (χ3v) is 4.01. The minimum Gasteiger partial charge on any atom is -0.496 e. The average Bonchev–Trinajstić information content (AvgIpc) is 2.46. The van der Waals surface area contributed by atoms with Crippen LogP contribution in [0.1, 0.15) is 22.4 Å². The standard InChI is InChI=1S/C16H17BrO/c1-18-16-10-6-5-9-14(16)11-12-15(17)13-7-3-2-4-8-13/h2-10,15H,11-12H2,1H3. The molecule has 0 N–H and O–H groups in total. The van der Waals surface area contributed by atoms with Crippen LogP contribution in [-0.4, -0.2) is 7.11 Å². The summed E-state index contributed by atoms with van der Waals surface area (Å²) in [5.74, 6) is 0.977. The minimum atomic E-state index is 0.392. The summed E-state index contributed by atoms with van der Waals surface area (Å²) in [5, 5.41) is 0. The number of aryl methyl sites for hydroxylation is 1. The summed E-state index contributed by atoms with van der Waals surface area (Å²) in [6.07, 6.45) is 2.07. The number of halogens is 1. The molecule has 0 saturated carbocycles. The van der Waals surface area contributed by atoms with E-state index in [1.165, 1.54) is 11.1 Å². The van der Waals surface area contributed by atoms with Crippen molar-refractivity contribution in [2.24, 2.45) is 0 Å². The van der Waals surface area contributed by atoms with Gasteiger partial charge in [-0.1, -0.05) is 64.5 Å². The molecule has 0 spiro atoms. The van der Waals surface area contributed by atoms with E-state index in [1.807, 2.05) is 18.2 Å². The van der Waals surface area contributed by atoms with Gasteiger partial charge in [0.15, 0.2) is 0 Å². The number of rotatable bonds is 5. The fourth-order valence-corrected chi connectivity index (χ4v) is 2.55. The Morgan fingerprint density at radius 3 is 2.39 bits per heavy atom. The number of hydrogen-bond donors (Lipinski definition) is 0. The van der Waals surface area contributed by atoms with E-state index in [-0.39, 0.29) is 0 Å². The molecule has 0 amide bonds. The third kappa shape index (κ3) is 3.36. The third-order valence-electron chi connectivity index (χ3n) is 3.02. The zero-order valence-corrected chi connectivity index (χ0v) is 12.1. The first-order chi connectivity index (χ1) is 8.81. The lowest BCUT2D eigenvalue weighted by Crippen LogP contribution is -1.96. The van der Waals surface area contributed by atoms with Crippen LogP contribution < -0.4 is 4.74 Å². The van der Waals surface area contributed by atoms with Crippen molar-refractivity contribution in [1.29, 1.82) is 0 Å². The van der Waals surface area contributed by atoms with Gasteiger partial charge in [-0.05, 0) is 30.0 Å². The van der Waals surface area contributed by atoms with Crippen LogP contribution >= 0.6 is 15.9 Å². The summed E-state index contributed by atoms with van der Waals surface area (Å²) in [7, 11) is 1.72. The topological polar surface area (TPSA) is 9.23 Å². The number of benzene rings is 2. The Bertz CT molecular complexity index is 481. The molecular weight excluding hydrogens is 288 g/mol. The van der Waals surface area contributed by atoms with Gasteiger partial charge in [0.2, 0.25) is 0 Å². The van der Waals surface area contributed by atoms with Crippen molar-refractivity contribution in [2.45, 2.75) is 17.7 Å². The SMILES string of the molecule is COc1ccccc1CCC(Br)c1ccccc1. The highest BCUT2D eigenvalue weighted by atomic mass is 79.9. The highest BCUT2D eigenvalue weighted by molar-refractivity contribution is 9.09. The zero-order chi connectivity index (χ0) is 12.8. The van der Waals surface area contributed by atoms with Crippen LogP contribution in [0.3, 0.4) is 0 Å². The molecule has 0 radical (unpaired) electrons. The van der Waals surface area contributed by atoms with Gasteiger partial charge in [-0.2, -0.15) is 0 Å². The Morgan fingerprint density at radius 1 is 1.00 bits per heavy atom. The smallest absolute Gasteiger partial charge is 0.122 e. The molecule has 0 saturated heterocycles. The van der Waals surface area contributed by atoms with E-state index >= 15 is 0 Å². The quantitative estimate of drug-likeness (QED) is 0.723. The lowest BCUT2D eigenvalue weighted by Gasteiger charge is -2.12. The van der Waals surface area contributed by atoms with Crippen molar-refractivity contribution in [3.8, 4) is 5.75 Å². The summed E-state index contributed by atoms with van der Waals surface area (Å²) in [5.41, 5.74) is 2.59. The summed E-state index contributed by atoms with van der Waals surface area (Å²) in [6.45, 7) is 0. The molecule has 0 fully saturated rings. The minimum absolute atomic E-state index is 0.392. The van der Waals surface area contributed by atoms with Crippen molar-refractivity contribution in [3.05, 3.63) is 65.7 Å². The van der Waals surface area contributed by atoms with Gasteiger partial charge < -0.3 is 4.74 Å². The predicted octanol–water partition coefficient (Wildman–Crippen LogP) is 4.76. The number of hydrogen-bond acceptors (Lipinski definition) is 1. The summed E-state index contributed by atoms with van der Waals surface area (Å²) in [6, 6.07) is 18.7. The molecule has 18 heavy (non-hydrogen) atoms. The van der Waals surface area contributed by atoms with Crippen molar-refractivity contribution in [2.75, 3.05) is 7.11 Å². The molecule has 94 valence electrons. The second kappa shape index (κ2) is 6.60. The summed E-state index contributed by atoms with van der Waals surface area (Å²) in [4.78, 5) is 0.392. The molecule has 0 aromatic heterocycles. The Labute approximate surface area is 117 Å². The number of alkyl halides is 1. The molecular formula is C16H17BrO. The van der Waals surface area contributed by atoms with Gasteiger partial charge in [0.1, 0.15) is 5.75 Å². The zero-order valence-electron chi connectivity index (χ0n) is 10.5. The van der Waals surface area contributed by atoms with Gasteiger partial charge in [0, 0.05) is 4.83 Å². The molecule has 0 bridgehead atoms. The highest BCUT2D eigenvalue weighted by Gasteiger charge is 2.09. The molecule has 0 heterocycles. The van der Waals surface area contributed by atoms with E-state index in [2.05, 4.69) is 52.3 Å². The molecule has 0 aliphatic heterocycles.